The molecule has 0 unspecified atom stereocenters. The van der Waals surface area contributed by atoms with Crippen LogP contribution in [0, 0.1) is 19.8 Å². The van der Waals surface area contributed by atoms with Gasteiger partial charge in [-0.05, 0) is 51.2 Å². The Kier molecular flexibility index (Phi) is 5.40. The molecule has 2 rings (SSSR count). The lowest BCUT2D eigenvalue weighted by Crippen LogP contribution is -2.45. The molecule has 116 valence electrons. The number of benzene rings is 1. The molecule has 0 saturated heterocycles. The summed E-state index contributed by atoms with van der Waals surface area (Å²) in [5, 5.41) is 6.56. The van der Waals surface area contributed by atoms with Crippen LogP contribution in [0.4, 0.5) is 5.69 Å². The molecule has 0 heterocycles. The molecule has 21 heavy (non-hydrogen) atoms. The van der Waals surface area contributed by atoms with E-state index in [2.05, 4.69) is 30.5 Å². The van der Waals surface area contributed by atoms with Gasteiger partial charge in [-0.3, -0.25) is 4.79 Å². The van der Waals surface area contributed by atoms with Crippen LogP contribution < -0.4 is 10.6 Å². The number of anilines is 1. The Bertz CT molecular complexity index is 498. The second-order valence-electron chi connectivity index (χ2n) is 6.40. The number of amides is 1. The molecule has 2 N–H and O–H groups in total. The molecule has 1 aliphatic carbocycles. The molecular formula is C18H28N2O. The number of hydrogen-bond acceptors (Lipinski definition) is 2. The standard InChI is InChI=1S/C18H28N2O/c1-5-15-7-6-8-17(15)19-14(4)18(21)20-16-10-9-12(2)11-13(16)3/h9-11,14-15,17,19H,5-8H2,1-4H3,(H,20,21)/t14-,15-,17+/m1/s1. The van der Waals surface area contributed by atoms with Crippen molar-refractivity contribution in [3.05, 3.63) is 29.3 Å². The summed E-state index contributed by atoms with van der Waals surface area (Å²) in [5.41, 5.74) is 3.24. The van der Waals surface area contributed by atoms with Gasteiger partial charge in [0.2, 0.25) is 5.91 Å². The molecule has 0 spiro atoms. The number of carbonyl (C=O) groups excluding carboxylic acids is 1. The first-order valence-electron chi connectivity index (χ1n) is 8.15. The maximum atomic E-state index is 12.4. The van der Waals surface area contributed by atoms with Gasteiger partial charge < -0.3 is 10.6 Å². The van der Waals surface area contributed by atoms with Crippen LogP contribution in [0.1, 0.15) is 50.7 Å². The van der Waals surface area contributed by atoms with Gasteiger partial charge in [0.15, 0.2) is 0 Å². The first-order valence-corrected chi connectivity index (χ1v) is 8.15. The van der Waals surface area contributed by atoms with Gasteiger partial charge in [-0.1, -0.05) is 37.5 Å². The maximum absolute atomic E-state index is 12.4. The Morgan fingerprint density at radius 2 is 2.10 bits per heavy atom. The van der Waals surface area contributed by atoms with Crippen LogP contribution in [0.2, 0.25) is 0 Å². The van der Waals surface area contributed by atoms with Crippen LogP contribution in [0.25, 0.3) is 0 Å². The van der Waals surface area contributed by atoms with Gasteiger partial charge in [0.25, 0.3) is 0 Å². The third-order valence-corrected chi connectivity index (χ3v) is 4.68. The summed E-state index contributed by atoms with van der Waals surface area (Å²) in [6.07, 6.45) is 4.96. The number of aryl methyl sites for hydroxylation is 2. The van der Waals surface area contributed by atoms with Gasteiger partial charge in [-0.15, -0.1) is 0 Å². The van der Waals surface area contributed by atoms with Crippen LogP contribution in [-0.2, 0) is 4.79 Å². The van der Waals surface area contributed by atoms with Gasteiger partial charge in [0.1, 0.15) is 0 Å². The lowest BCUT2D eigenvalue weighted by Gasteiger charge is -2.24. The van der Waals surface area contributed by atoms with E-state index in [4.69, 9.17) is 0 Å². The molecule has 3 atom stereocenters. The van der Waals surface area contributed by atoms with Crippen LogP contribution in [0.5, 0.6) is 0 Å². The minimum absolute atomic E-state index is 0.0590. The van der Waals surface area contributed by atoms with E-state index in [-0.39, 0.29) is 11.9 Å². The van der Waals surface area contributed by atoms with Crippen molar-refractivity contribution in [1.82, 2.24) is 5.32 Å². The Labute approximate surface area is 128 Å². The summed E-state index contributed by atoms with van der Waals surface area (Å²) in [6.45, 7) is 8.30. The van der Waals surface area contributed by atoms with Crippen molar-refractivity contribution < 1.29 is 4.79 Å². The molecule has 1 aromatic carbocycles. The average molecular weight is 288 g/mol. The summed E-state index contributed by atoms with van der Waals surface area (Å²) in [7, 11) is 0. The van der Waals surface area contributed by atoms with Crippen LogP contribution in [0.3, 0.4) is 0 Å². The molecule has 0 aromatic heterocycles. The van der Waals surface area contributed by atoms with E-state index in [1.54, 1.807) is 0 Å². The molecule has 0 radical (unpaired) electrons. The Balaban J connectivity index is 1.93. The zero-order chi connectivity index (χ0) is 15.4. The predicted octanol–water partition coefficient (Wildman–Crippen LogP) is 3.80. The number of rotatable bonds is 5. The second-order valence-corrected chi connectivity index (χ2v) is 6.40. The van der Waals surface area contributed by atoms with Gasteiger partial charge in [0, 0.05) is 11.7 Å². The highest BCUT2D eigenvalue weighted by Gasteiger charge is 2.28. The van der Waals surface area contributed by atoms with E-state index >= 15 is 0 Å². The fourth-order valence-corrected chi connectivity index (χ4v) is 3.34. The van der Waals surface area contributed by atoms with Crippen LogP contribution >= 0.6 is 0 Å². The van der Waals surface area contributed by atoms with Gasteiger partial charge in [-0.25, -0.2) is 0 Å². The highest BCUT2D eigenvalue weighted by molar-refractivity contribution is 5.95. The Morgan fingerprint density at radius 1 is 1.33 bits per heavy atom. The van der Waals surface area contributed by atoms with E-state index in [1.807, 2.05) is 26.0 Å². The lowest BCUT2D eigenvalue weighted by atomic mass is 10.00. The second kappa shape index (κ2) is 7.08. The zero-order valence-corrected chi connectivity index (χ0v) is 13.7. The van der Waals surface area contributed by atoms with E-state index in [0.717, 1.165) is 17.2 Å². The summed E-state index contributed by atoms with van der Waals surface area (Å²) in [5.74, 6) is 0.782. The van der Waals surface area contributed by atoms with Crippen molar-refractivity contribution in [2.24, 2.45) is 5.92 Å². The molecule has 0 bridgehead atoms. The summed E-state index contributed by atoms with van der Waals surface area (Å²) in [6, 6.07) is 6.46. The number of hydrogen-bond donors (Lipinski definition) is 2. The van der Waals surface area contributed by atoms with Crippen molar-refractivity contribution in [3.8, 4) is 0 Å². The zero-order valence-electron chi connectivity index (χ0n) is 13.7. The van der Waals surface area contributed by atoms with E-state index in [9.17, 15) is 4.79 Å². The first kappa shape index (κ1) is 16.0. The van der Waals surface area contributed by atoms with Crippen molar-refractivity contribution in [1.29, 1.82) is 0 Å². The molecule has 1 amide bonds. The van der Waals surface area contributed by atoms with Crippen molar-refractivity contribution in [3.63, 3.8) is 0 Å². The molecule has 0 aliphatic heterocycles. The summed E-state index contributed by atoms with van der Waals surface area (Å²) < 4.78 is 0. The van der Waals surface area contributed by atoms with E-state index in [1.165, 1.54) is 31.2 Å². The number of nitrogens with one attached hydrogen (secondary N) is 2. The topological polar surface area (TPSA) is 41.1 Å². The first-order chi connectivity index (χ1) is 10.0. The predicted molar refractivity (Wildman–Crippen MR) is 88.6 cm³/mol. The van der Waals surface area contributed by atoms with Crippen molar-refractivity contribution in [2.75, 3.05) is 5.32 Å². The van der Waals surface area contributed by atoms with Gasteiger partial charge in [0.05, 0.1) is 6.04 Å². The number of carbonyl (C=O) groups is 1. The van der Waals surface area contributed by atoms with E-state index in [0.29, 0.717) is 6.04 Å². The average Bonchev–Trinajstić information content (AvgIpc) is 2.89. The molecule has 3 nitrogen and oxygen atoms in total. The smallest absolute Gasteiger partial charge is 0.241 e. The monoisotopic (exact) mass is 288 g/mol. The van der Waals surface area contributed by atoms with Crippen LogP contribution in [-0.4, -0.2) is 18.0 Å². The van der Waals surface area contributed by atoms with Crippen molar-refractivity contribution in [2.45, 2.75) is 65.5 Å². The SMILES string of the molecule is CC[C@@H]1CCC[C@@H]1N[C@H](C)C(=O)Nc1ccc(C)cc1C. The quantitative estimate of drug-likeness (QED) is 0.865. The fourth-order valence-electron chi connectivity index (χ4n) is 3.34. The third-order valence-electron chi connectivity index (χ3n) is 4.68. The minimum Gasteiger partial charge on any atom is -0.324 e. The molecule has 1 fully saturated rings. The Morgan fingerprint density at radius 3 is 2.76 bits per heavy atom. The third kappa shape index (κ3) is 4.07. The van der Waals surface area contributed by atoms with E-state index < -0.39 is 0 Å². The minimum atomic E-state index is -0.150. The molecule has 1 aromatic rings. The van der Waals surface area contributed by atoms with Crippen LogP contribution in [0.15, 0.2) is 18.2 Å². The maximum Gasteiger partial charge on any atom is 0.241 e. The fraction of sp³-hybridized carbons (Fsp3) is 0.611. The van der Waals surface area contributed by atoms with Crippen molar-refractivity contribution >= 4 is 11.6 Å². The Hall–Kier alpha value is -1.35. The molecule has 1 saturated carbocycles. The normalized spacial score (nSPS) is 23.0. The van der Waals surface area contributed by atoms with Gasteiger partial charge >= 0.3 is 0 Å². The molecule has 1 aliphatic rings. The summed E-state index contributed by atoms with van der Waals surface area (Å²) >= 11 is 0. The molecular weight excluding hydrogens is 260 g/mol. The summed E-state index contributed by atoms with van der Waals surface area (Å²) in [4.78, 5) is 12.4. The molecule has 3 heteroatoms. The highest BCUT2D eigenvalue weighted by Crippen LogP contribution is 2.28. The lowest BCUT2D eigenvalue weighted by molar-refractivity contribution is -0.118. The van der Waals surface area contributed by atoms with Gasteiger partial charge in [-0.2, -0.15) is 0 Å². The largest absolute Gasteiger partial charge is 0.324 e. The highest BCUT2D eigenvalue weighted by atomic mass is 16.2.